The van der Waals surface area contributed by atoms with E-state index in [1.165, 1.54) is 0 Å². The molecule has 5 heteroatoms. The molecular weight excluding hydrogens is 276 g/mol. The smallest absolute Gasteiger partial charge is 0.253 e. The molecule has 0 aliphatic heterocycles. The highest BCUT2D eigenvalue weighted by Crippen LogP contribution is 2.17. The Morgan fingerprint density at radius 1 is 1.35 bits per heavy atom. The van der Waals surface area contributed by atoms with Gasteiger partial charge in [0.25, 0.3) is 5.91 Å². The second kappa shape index (κ2) is 8.25. The van der Waals surface area contributed by atoms with Gasteiger partial charge in [0.05, 0.1) is 6.61 Å². The highest BCUT2D eigenvalue weighted by molar-refractivity contribution is 5.95. The molecule has 1 amide bonds. The Morgan fingerprint density at radius 2 is 1.95 bits per heavy atom. The van der Waals surface area contributed by atoms with Gasteiger partial charge in [0.15, 0.2) is 0 Å². The van der Waals surface area contributed by atoms with Gasteiger partial charge in [-0.3, -0.25) is 4.79 Å². The van der Waals surface area contributed by atoms with Crippen molar-refractivity contribution in [3.8, 4) is 0 Å². The molecule has 2 N–H and O–H groups in total. The molecule has 0 atom stereocenters. The van der Waals surface area contributed by atoms with Crippen LogP contribution < -0.4 is 5.73 Å². The van der Waals surface area contributed by atoms with Crippen molar-refractivity contribution in [2.24, 2.45) is 11.1 Å². The summed E-state index contributed by atoms with van der Waals surface area (Å²) in [7, 11) is 3.44. The Balaban J connectivity index is 0.00000361. The molecule has 0 aliphatic carbocycles. The van der Waals surface area contributed by atoms with E-state index in [1.807, 2.05) is 31.3 Å². The first kappa shape index (κ1) is 18.9. The Bertz CT molecular complexity index is 436. The van der Waals surface area contributed by atoms with Gasteiger partial charge in [0.1, 0.15) is 0 Å². The van der Waals surface area contributed by atoms with Gasteiger partial charge in [0.2, 0.25) is 0 Å². The number of amides is 1. The average Bonchev–Trinajstić information content (AvgIpc) is 2.38. The third-order valence-corrected chi connectivity index (χ3v) is 3.11. The maximum atomic E-state index is 12.5. The summed E-state index contributed by atoms with van der Waals surface area (Å²) in [6.07, 6.45) is 0. The van der Waals surface area contributed by atoms with Crippen molar-refractivity contribution in [2.75, 3.05) is 27.2 Å². The number of hydrogen-bond donors (Lipinski definition) is 1. The molecule has 0 aromatic heterocycles. The Morgan fingerprint density at radius 3 is 2.50 bits per heavy atom. The van der Waals surface area contributed by atoms with Crippen LogP contribution in [0.25, 0.3) is 0 Å². The van der Waals surface area contributed by atoms with E-state index in [9.17, 15) is 4.79 Å². The van der Waals surface area contributed by atoms with Gasteiger partial charge in [-0.05, 0) is 23.6 Å². The van der Waals surface area contributed by atoms with Gasteiger partial charge in [-0.15, -0.1) is 12.4 Å². The second-order valence-corrected chi connectivity index (χ2v) is 5.62. The monoisotopic (exact) mass is 300 g/mol. The fourth-order valence-electron chi connectivity index (χ4n) is 1.99. The fourth-order valence-corrected chi connectivity index (χ4v) is 1.99. The minimum absolute atomic E-state index is 0. The van der Waals surface area contributed by atoms with Crippen LogP contribution in [0.5, 0.6) is 0 Å². The molecule has 0 fully saturated rings. The van der Waals surface area contributed by atoms with Crippen molar-refractivity contribution in [2.45, 2.75) is 20.5 Å². The summed E-state index contributed by atoms with van der Waals surface area (Å²) in [5, 5.41) is 0. The van der Waals surface area contributed by atoms with Crippen LogP contribution in [0.2, 0.25) is 0 Å². The normalized spacial score (nSPS) is 10.8. The largest absolute Gasteiger partial charge is 0.380 e. The maximum absolute atomic E-state index is 12.5. The van der Waals surface area contributed by atoms with Crippen molar-refractivity contribution in [3.05, 3.63) is 35.4 Å². The third kappa shape index (κ3) is 5.12. The summed E-state index contributed by atoms with van der Waals surface area (Å²) in [6, 6.07) is 7.53. The van der Waals surface area contributed by atoms with E-state index in [2.05, 4.69) is 13.8 Å². The zero-order chi connectivity index (χ0) is 14.5. The number of carbonyl (C=O) groups is 1. The predicted molar refractivity (Wildman–Crippen MR) is 84.2 cm³/mol. The molecule has 1 aromatic rings. The van der Waals surface area contributed by atoms with Crippen LogP contribution in [0.15, 0.2) is 24.3 Å². The van der Waals surface area contributed by atoms with Crippen molar-refractivity contribution in [1.29, 1.82) is 0 Å². The molecule has 4 nitrogen and oxygen atoms in total. The van der Waals surface area contributed by atoms with E-state index in [0.717, 1.165) is 5.56 Å². The van der Waals surface area contributed by atoms with Gasteiger partial charge in [-0.25, -0.2) is 0 Å². The number of rotatable bonds is 6. The third-order valence-electron chi connectivity index (χ3n) is 3.11. The van der Waals surface area contributed by atoms with Crippen molar-refractivity contribution >= 4 is 18.3 Å². The maximum Gasteiger partial charge on any atom is 0.253 e. The predicted octanol–water partition coefficient (Wildman–Crippen LogP) is 2.31. The van der Waals surface area contributed by atoms with Crippen LogP contribution in [-0.4, -0.2) is 38.1 Å². The molecule has 0 heterocycles. The van der Waals surface area contributed by atoms with E-state index in [4.69, 9.17) is 10.5 Å². The minimum Gasteiger partial charge on any atom is -0.380 e. The van der Waals surface area contributed by atoms with Crippen LogP contribution in [0.4, 0.5) is 0 Å². The Hall–Kier alpha value is -1.10. The van der Waals surface area contributed by atoms with Crippen molar-refractivity contribution < 1.29 is 9.53 Å². The fraction of sp³-hybridized carbons (Fsp3) is 0.533. The molecule has 0 radical (unpaired) electrons. The number of benzene rings is 1. The summed E-state index contributed by atoms with van der Waals surface area (Å²) < 4.78 is 5.13. The van der Waals surface area contributed by atoms with Crippen LogP contribution in [-0.2, 0) is 11.3 Å². The number of nitrogens with two attached hydrogens (primary N) is 1. The topological polar surface area (TPSA) is 55.6 Å². The summed E-state index contributed by atoms with van der Waals surface area (Å²) in [5.74, 6) is 0.00850. The highest BCUT2D eigenvalue weighted by atomic mass is 35.5. The molecule has 1 aromatic carbocycles. The molecule has 114 valence electrons. The molecule has 0 saturated heterocycles. The lowest BCUT2D eigenvalue weighted by Gasteiger charge is -2.29. The number of nitrogens with zero attached hydrogens (tertiary/aromatic N) is 1. The number of ether oxygens (including phenoxy) is 1. The van der Waals surface area contributed by atoms with Crippen molar-refractivity contribution in [1.82, 2.24) is 4.90 Å². The average molecular weight is 301 g/mol. The summed E-state index contributed by atoms with van der Waals surface area (Å²) in [4.78, 5) is 14.2. The van der Waals surface area contributed by atoms with Crippen LogP contribution in [0.1, 0.15) is 29.8 Å². The first-order valence-corrected chi connectivity index (χ1v) is 6.43. The SMILES string of the molecule is COCc1ccccc1C(=O)N(C)CC(C)(C)CN.Cl. The quantitative estimate of drug-likeness (QED) is 0.877. The Labute approximate surface area is 127 Å². The van der Waals surface area contributed by atoms with E-state index in [1.54, 1.807) is 12.0 Å². The highest BCUT2D eigenvalue weighted by Gasteiger charge is 2.23. The molecular formula is C15H25ClN2O2. The van der Waals surface area contributed by atoms with E-state index >= 15 is 0 Å². The van der Waals surface area contributed by atoms with E-state index < -0.39 is 0 Å². The van der Waals surface area contributed by atoms with Crippen molar-refractivity contribution in [3.63, 3.8) is 0 Å². The van der Waals surface area contributed by atoms with Gasteiger partial charge in [-0.1, -0.05) is 32.0 Å². The first-order valence-electron chi connectivity index (χ1n) is 6.43. The van der Waals surface area contributed by atoms with E-state index in [0.29, 0.717) is 25.3 Å². The van der Waals surface area contributed by atoms with Crippen LogP contribution >= 0.6 is 12.4 Å². The second-order valence-electron chi connectivity index (χ2n) is 5.62. The summed E-state index contributed by atoms with van der Waals surface area (Å²) in [6.45, 7) is 5.72. The first-order chi connectivity index (χ1) is 8.91. The summed E-state index contributed by atoms with van der Waals surface area (Å²) >= 11 is 0. The van der Waals surface area contributed by atoms with Crippen LogP contribution in [0.3, 0.4) is 0 Å². The molecule has 1 rings (SSSR count). The number of hydrogen-bond acceptors (Lipinski definition) is 3. The molecule has 0 aliphatic rings. The molecule has 20 heavy (non-hydrogen) atoms. The molecule has 0 unspecified atom stereocenters. The van der Waals surface area contributed by atoms with Gasteiger partial charge < -0.3 is 15.4 Å². The summed E-state index contributed by atoms with van der Waals surface area (Å²) in [5.41, 5.74) is 7.23. The minimum atomic E-state index is -0.0827. The standard InChI is InChI=1S/C15H24N2O2.ClH/c1-15(2,10-16)11-17(3)14(18)13-8-6-5-7-12(13)9-19-4;/h5-8H,9-11,16H2,1-4H3;1H. The zero-order valence-electron chi connectivity index (χ0n) is 12.7. The lowest BCUT2D eigenvalue weighted by molar-refractivity contribution is 0.0736. The van der Waals surface area contributed by atoms with Gasteiger partial charge >= 0.3 is 0 Å². The molecule has 0 spiro atoms. The van der Waals surface area contributed by atoms with Gasteiger partial charge in [0, 0.05) is 26.3 Å². The van der Waals surface area contributed by atoms with Crippen LogP contribution in [0, 0.1) is 5.41 Å². The number of methoxy groups -OCH3 is 1. The zero-order valence-corrected chi connectivity index (χ0v) is 13.5. The lowest BCUT2D eigenvalue weighted by atomic mass is 9.93. The number of halogens is 1. The lowest BCUT2D eigenvalue weighted by Crippen LogP contribution is -2.40. The molecule has 0 bridgehead atoms. The Kier molecular flexibility index (Phi) is 7.79. The van der Waals surface area contributed by atoms with E-state index in [-0.39, 0.29) is 23.7 Å². The van der Waals surface area contributed by atoms with Gasteiger partial charge in [-0.2, -0.15) is 0 Å². The number of carbonyl (C=O) groups excluding carboxylic acids is 1. The molecule has 0 saturated carbocycles.